The molecular formula is C10H14N4O. The molecule has 0 spiro atoms. The van der Waals surface area contributed by atoms with E-state index in [0.717, 1.165) is 19.3 Å². The molecule has 5 heteroatoms. The van der Waals surface area contributed by atoms with Crippen molar-refractivity contribution in [3.05, 3.63) is 12.7 Å². The second-order valence-corrected chi connectivity index (χ2v) is 3.10. The van der Waals surface area contributed by atoms with E-state index in [0.29, 0.717) is 6.54 Å². The topological polar surface area (TPSA) is 59.8 Å². The van der Waals surface area contributed by atoms with Gasteiger partial charge in [-0.15, -0.1) is 12.3 Å². The Balaban J connectivity index is 2.07. The third-order valence-electron chi connectivity index (χ3n) is 1.84. The SMILES string of the molecule is C#CCCCCNC(=O)Cn1cncn1. The number of carbonyl (C=O) groups is 1. The molecule has 0 saturated heterocycles. The predicted molar refractivity (Wildman–Crippen MR) is 55.7 cm³/mol. The number of hydrogen-bond donors (Lipinski definition) is 1. The van der Waals surface area contributed by atoms with Gasteiger partial charge in [-0.05, 0) is 12.8 Å². The third kappa shape index (κ3) is 4.81. The van der Waals surface area contributed by atoms with E-state index in [9.17, 15) is 4.79 Å². The minimum Gasteiger partial charge on any atom is -0.354 e. The van der Waals surface area contributed by atoms with Gasteiger partial charge in [0.1, 0.15) is 19.2 Å². The molecule has 0 atom stereocenters. The van der Waals surface area contributed by atoms with Gasteiger partial charge in [0, 0.05) is 13.0 Å². The molecule has 1 aromatic rings. The normalized spacial score (nSPS) is 9.53. The van der Waals surface area contributed by atoms with Gasteiger partial charge in [0.2, 0.25) is 5.91 Å². The largest absolute Gasteiger partial charge is 0.354 e. The summed E-state index contributed by atoms with van der Waals surface area (Å²) < 4.78 is 1.48. The highest BCUT2D eigenvalue weighted by molar-refractivity contribution is 5.75. The van der Waals surface area contributed by atoms with Gasteiger partial charge in [0.05, 0.1) is 0 Å². The average Bonchev–Trinajstić information content (AvgIpc) is 2.70. The smallest absolute Gasteiger partial charge is 0.241 e. The van der Waals surface area contributed by atoms with Gasteiger partial charge >= 0.3 is 0 Å². The summed E-state index contributed by atoms with van der Waals surface area (Å²) in [6, 6.07) is 0. The van der Waals surface area contributed by atoms with Crippen LogP contribution in [-0.4, -0.2) is 27.2 Å². The Morgan fingerprint density at radius 1 is 1.53 bits per heavy atom. The maximum Gasteiger partial charge on any atom is 0.241 e. The lowest BCUT2D eigenvalue weighted by atomic mass is 10.2. The maximum atomic E-state index is 11.3. The van der Waals surface area contributed by atoms with Crippen molar-refractivity contribution in [2.24, 2.45) is 0 Å². The summed E-state index contributed by atoms with van der Waals surface area (Å²) in [6.07, 6.45) is 10.6. The molecule has 1 aromatic heterocycles. The van der Waals surface area contributed by atoms with Crippen molar-refractivity contribution in [2.75, 3.05) is 6.54 Å². The van der Waals surface area contributed by atoms with Crippen LogP contribution in [0.3, 0.4) is 0 Å². The second kappa shape index (κ2) is 6.60. The Labute approximate surface area is 88.9 Å². The fraction of sp³-hybridized carbons (Fsp3) is 0.500. The van der Waals surface area contributed by atoms with E-state index in [2.05, 4.69) is 21.3 Å². The van der Waals surface area contributed by atoms with Gasteiger partial charge in [-0.1, -0.05) is 0 Å². The molecule has 1 N–H and O–H groups in total. The van der Waals surface area contributed by atoms with Crippen LogP contribution in [-0.2, 0) is 11.3 Å². The predicted octanol–water partition coefficient (Wildman–Crippen LogP) is 0.198. The molecule has 0 fully saturated rings. The van der Waals surface area contributed by atoms with Gasteiger partial charge in [-0.2, -0.15) is 5.10 Å². The van der Waals surface area contributed by atoms with E-state index >= 15 is 0 Å². The molecule has 0 unspecified atom stereocenters. The molecule has 0 aliphatic carbocycles. The Bertz CT molecular complexity index is 326. The zero-order valence-corrected chi connectivity index (χ0v) is 8.52. The number of amides is 1. The van der Waals surface area contributed by atoms with Gasteiger partial charge in [0.15, 0.2) is 0 Å². The van der Waals surface area contributed by atoms with E-state index < -0.39 is 0 Å². The van der Waals surface area contributed by atoms with Crippen LogP contribution < -0.4 is 5.32 Å². The molecule has 0 radical (unpaired) electrons. The summed E-state index contributed by atoms with van der Waals surface area (Å²) in [5, 5.41) is 6.62. The van der Waals surface area contributed by atoms with Crippen LogP contribution >= 0.6 is 0 Å². The Hall–Kier alpha value is -1.83. The van der Waals surface area contributed by atoms with Gasteiger partial charge < -0.3 is 5.32 Å². The number of aromatic nitrogens is 3. The Morgan fingerprint density at radius 2 is 2.40 bits per heavy atom. The van der Waals surface area contributed by atoms with E-state index in [4.69, 9.17) is 6.42 Å². The van der Waals surface area contributed by atoms with Crippen LogP contribution in [0.1, 0.15) is 19.3 Å². The summed E-state index contributed by atoms with van der Waals surface area (Å²) >= 11 is 0. The molecular weight excluding hydrogens is 192 g/mol. The van der Waals surface area contributed by atoms with Crippen molar-refractivity contribution in [1.29, 1.82) is 0 Å². The first kappa shape index (κ1) is 11.2. The van der Waals surface area contributed by atoms with Gasteiger partial charge in [-0.25, -0.2) is 9.67 Å². The molecule has 0 aromatic carbocycles. The fourth-order valence-corrected chi connectivity index (χ4v) is 1.10. The van der Waals surface area contributed by atoms with Crippen molar-refractivity contribution in [2.45, 2.75) is 25.8 Å². The Kier molecular flexibility index (Phi) is 4.95. The lowest BCUT2D eigenvalue weighted by Gasteiger charge is -2.03. The van der Waals surface area contributed by atoms with Crippen molar-refractivity contribution in [3.8, 4) is 12.3 Å². The average molecular weight is 206 g/mol. The summed E-state index contributed by atoms with van der Waals surface area (Å²) in [7, 11) is 0. The van der Waals surface area contributed by atoms with Crippen molar-refractivity contribution in [3.63, 3.8) is 0 Å². The highest BCUT2D eigenvalue weighted by atomic mass is 16.2. The number of rotatable bonds is 6. The number of carbonyl (C=O) groups excluding carboxylic acids is 1. The number of hydrogen-bond acceptors (Lipinski definition) is 3. The minimum absolute atomic E-state index is 0.0544. The highest BCUT2D eigenvalue weighted by Crippen LogP contribution is 1.91. The molecule has 80 valence electrons. The summed E-state index contributed by atoms with van der Waals surface area (Å²) in [5.74, 6) is 2.50. The fourth-order valence-electron chi connectivity index (χ4n) is 1.10. The molecule has 1 amide bonds. The van der Waals surface area contributed by atoms with Crippen LogP contribution in [0, 0.1) is 12.3 Å². The molecule has 0 aliphatic rings. The standard InChI is InChI=1S/C10H14N4O/c1-2-3-4-5-6-12-10(15)7-14-9-11-8-13-14/h1,8-9H,3-7H2,(H,12,15). The summed E-state index contributed by atoms with van der Waals surface area (Å²) in [4.78, 5) is 15.0. The third-order valence-corrected chi connectivity index (χ3v) is 1.84. The van der Waals surface area contributed by atoms with Gasteiger partial charge in [0.25, 0.3) is 0 Å². The molecule has 15 heavy (non-hydrogen) atoms. The second-order valence-electron chi connectivity index (χ2n) is 3.10. The van der Waals surface area contributed by atoms with Crippen LogP contribution in [0.15, 0.2) is 12.7 Å². The molecule has 1 heterocycles. The molecule has 1 rings (SSSR count). The summed E-state index contributed by atoms with van der Waals surface area (Å²) in [6.45, 7) is 0.879. The number of nitrogens with one attached hydrogen (secondary N) is 1. The highest BCUT2D eigenvalue weighted by Gasteiger charge is 2.01. The first-order valence-electron chi connectivity index (χ1n) is 4.85. The Morgan fingerprint density at radius 3 is 3.07 bits per heavy atom. The van der Waals surface area contributed by atoms with Crippen LogP contribution in [0.2, 0.25) is 0 Å². The summed E-state index contributed by atoms with van der Waals surface area (Å²) in [5.41, 5.74) is 0. The maximum absolute atomic E-state index is 11.3. The zero-order valence-electron chi connectivity index (χ0n) is 8.52. The van der Waals surface area contributed by atoms with E-state index in [1.807, 2.05) is 0 Å². The van der Waals surface area contributed by atoms with Crippen molar-refractivity contribution < 1.29 is 4.79 Å². The first-order chi connectivity index (χ1) is 7.33. The van der Waals surface area contributed by atoms with Gasteiger partial charge in [-0.3, -0.25) is 4.79 Å². The van der Waals surface area contributed by atoms with Crippen molar-refractivity contribution in [1.82, 2.24) is 20.1 Å². The van der Waals surface area contributed by atoms with E-state index in [-0.39, 0.29) is 12.5 Å². The minimum atomic E-state index is -0.0544. The molecule has 5 nitrogen and oxygen atoms in total. The van der Waals surface area contributed by atoms with Crippen LogP contribution in [0.4, 0.5) is 0 Å². The molecule has 0 aliphatic heterocycles. The van der Waals surface area contributed by atoms with E-state index in [1.165, 1.54) is 17.3 Å². The number of unbranched alkanes of at least 4 members (excludes halogenated alkanes) is 2. The first-order valence-corrected chi connectivity index (χ1v) is 4.85. The number of terminal acetylenes is 1. The monoisotopic (exact) mass is 206 g/mol. The van der Waals surface area contributed by atoms with Crippen molar-refractivity contribution >= 4 is 5.91 Å². The number of nitrogens with zero attached hydrogens (tertiary/aromatic N) is 3. The quantitative estimate of drug-likeness (QED) is 0.534. The lowest BCUT2D eigenvalue weighted by molar-refractivity contribution is -0.121. The van der Waals surface area contributed by atoms with E-state index in [1.54, 1.807) is 0 Å². The van der Waals surface area contributed by atoms with Crippen LogP contribution in [0.25, 0.3) is 0 Å². The lowest BCUT2D eigenvalue weighted by Crippen LogP contribution is -2.28. The zero-order chi connectivity index (χ0) is 10.9. The molecule has 0 saturated carbocycles. The molecule has 0 bridgehead atoms. The van der Waals surface area contributed by atoms with Crippen LogP contribution in [0.5, 0.6) is 0 Å².